The van der Waals surface area contributed by atoms with Gasteiger partial charge in [-0.2, -0.15) is 0 Å². The fourth-order valence-electron chi connectivity index (χ4n) is 6.99. The number of primary amides is 1. The van der Waals surface area contributed by atoms with E-state index in [-0.39, 0.29) is 36.0 Å². The molecule has 0 bridgehead atoms. The van der Waals surface area contributed by atoms with E-state index < -0.39 is 29.4 Å². The Labute approximate surface area is 240 Å². The zero-order chi connectivity index (χ0) is 29.5. The lowest BCUT2D eigenvalue weighted by Gasteiger charge is -2.43. The molecule has 222 valence electrons. The summed E-state index contributed by atoms with van der Waals surface area (Å²) in [7, 11) is 0. The number of hydrogen-bond acceptors (Lipinski definition) is 7. The van der Waals surface area contributed by atoms with E-state index in [1.54, 1.807) is 15.9 Å². The van der Waals surface area contributed by atoms with Crippen LogP contribution in [0.25, 0.3) is 0 Å². The van der Waals surface area contributed by atoms with Gasteiger partial charge in [-0.25, -0.2) is 0 Å². The Bertz CT molecular complexity index is 1240. The van der Waals surface area contributed by atoms with Crippen molar-refractivity contribution in [2.45, 2.75) is 76.4 Å². The van der Waals surface area contributed by atoms with Crippen molar-refractivity contribution < 1.29 is 28.7 Å². The molecule has 4 amide bonds. The van der Waals surface area contributed by atoms with Crippen molar-refractivity contribution in [3.8, 4) is 0 Å². The number of amides is 4. The number of nitrogens with zero attached hydrogens (tertiary/aromatic N) is 3. The summed E-state index contributed by atoms with van der Waals surface area (Å²) in [4.78, 5) is 71.1. The van der Waals surface area contributed by atoms with Crippen LogP contribution in [0.4, 0.5) is 5.69 Å². The van der Waals surface area contributed by atoms with E-state index in [4.69, 9.17) is 10.5 Å². The number of carbonyl (C=O) groups excluding carboxylic acids is 5. The Balaban J connectivity index is 1.44. The van der Waals surface area contributed by atoms with Crippen LogP contribution in [0.2, 0.25) is 0 Å². The molecule has 0 aromatic heterocycles. The Morgan fingerprint density at radius 2 is 1.80 bits per heavy atom. The molecule has 0 radical (unpaired) electrons. The fourth-order valence-corrected chi connectivity index (χ4v) is 6.99. The number of hydrogen-bond donors (Lipinski definition) is 2. The third-order valence-electron chi connectivity index (χ3n) is 9.06. The molecule has 3 unspecified atom stereocenters. The van der Waals surface area contributed by atoms with Gasteiger partial charge in [0.1, 0.15) is 11.6 Å². The number of likely N-dealkylation sites (tertiary alicyclic amines) is 2. The van der Waals surface area contributed by atoms with Gasteiger partial charge in [0.05, 0.1) is 31.7 Å². The second kappa shape index (κ2) is 11.4. The van der Waals surface area contributed by atoms with Crippen molar-refractivity contribution in [3.05, 3.63) is 29.3 Å². The second-order valence-corrected chi connectivity index (χ2v) is 12.3. The minimum Gasteiger partial charge on any atom is -0.378 e. The van der Waals surface area contributed by atoms with Gasteiger partial charge in [-0.05, 0) is 61.8 Å². The van der Waals surface area contributed by atoms with Crippen LogP contribution < -0.4 is 16.0 Å². The van der Waals surface area contributed by atoms with Crippen molar-refractivity contribution in [1.29, 1.82) is 0 Å². The largest absolute Gasteiger partial charge is 0.378 e. The molecule has 4 fully saturated rings. The first-order valence-electron chi connectivity index (χ1n) is 14.7. The normalized spacial score (nSPS) is 24.2. The number of carbonyl (C=O) groups is 5. The average molecular weight is 568 g/mol. The standard InChI is InChI=1S/C30H41N5O6/c1-18(2)15-23(22-16-20(5-6-21(22)27(31)38)33-11-13-41-14-12-33)28(39)34-10-7-24-26(34)25(37)17-35(24)29(40)30(8-4-9-30)32-19(3)36/h5-6,16,18,23-24,26H,4,7-15,17H2,1-3H3,(H2,31,38)(H,32,36). The highest BCUT2D eigenvalue weighted by Gasteiger charge is 2.57. The lowest BCUT2D eigenvalue weighted by atomic mass is 9.75. The molecule has 3 N–H and O–H groups in total. The summed E-state index contributed by atoms with van der Waals surface area (Å²) in [6, 6.07) is 4.27. The molecular formula is C30H41N5O6. The SMILES string of the molecule is CC(=O)NC1(C(=O)N2CC(=O)C3C2CCN3C(=O)C(CC(C)C)c2cc(N3CCOCC3)ccc2C(N)=O)CCC1. The van der Waals surface area contributed by atoms with Crippen LogP contribution in [0.1, 0.15) is 74.7 Å². The molecule has 3 saturated heterocycles. The second-order valence-electron chi connectivity index (χ2n) is 12.3. The number of morpholine rings is 1. The van der Waals surface area contributed by atoms with Crippen LogP contribution in [-0.4, -0.2) is 96.2 Å². The van der Waals surface area contributed by atoms with Gasteiger partial charge >= 0.3 is 0 Å². The van der Waals surface area contributed by atoms with E-state index in [1.807, 2.05) is 26.0 Å². The molecular weight excluding hydrogens is 526 g/mol. The Morgan fingerprint density at radius 3 is 2.39 bits per heavy atom. The van der Waals surface area contributed by atoms with Gasteiger partial charge in [0.2, 0.25) is 23.6 Å². The molecule has 1 aliphatic carbocycles. The van der Waals surface area contributed by atoms with Crippen LogP contribution in [0.5, 0.6) is 0 Å². The lowest BCUT2D eigenvalue weighted by Crippen LogP contribution is -2.64. The predicted molar refractivity (Wildman–Crippen MR) is 151 cm³/mol. The number of benzene rings is 1. The molecule has 0 spiro atoms. The minimum atomic E-state index is -0.963. The monoisotopic (exact) mass is 567 g/mol. The summed E-state index contributed by atoms with van der Waals surface area (Å²) >= 11 is 0. The fraction of sp³-hybridized carbons (Fsp3) is 0.633. The number of ketones is 1. The Kier molecular flexibility index (Phi) is 8.09. The van der Waals surface area contributed by atoms with Gasteiger partial charge in [-0.1, -0.05) is 13.8 Å². The van der Waals surface area contributed by atoms with Crippen molar-refractivity contribution >= 4 is 35.1 Å². The average Bonchev–Trinajstić information content (AvgIpc) is 3.50. The summed E-state index contributed by atoms with van der Waals surface area (Å²) in [5, 5.41) is 2.83. The smallest absolute Gasteiger partial charge is 0.249 e. The topological polar surface area (TPSA) is 142 Å². The maximum absolute atomic E-state index is 14.3. The Morgan fingerprint density at radius 1 is 1.10 bits per heavy atom. The van der Waals surface area contributed by atoms with Gasteiger partial charge in [0, 0.05) is 37.8 Å². The van der Waals surface area contributed by atoms with Crippen LogP contribution >= 0.6 is 0 Å². The van der Waals surface area contributed by atoms with E-state index in [1.165, 1.54) is 6.92 Å². The molecule has 5 rings (SSSR count). The van der Waals surface area contributed by atoms with E-state index in [0.29, 0.717) is 69.7 Å². The molecule has 41 heavy (non-hydrogen) atoms. The third-order valence-corrected chi connectivity index (χ3v) is 9.06. The first kappa shape index (κ1) is 29.0. The number of nitrogens with one attached hydrogen (secondary N) is 1. The molecule has 3 atom stereocenters. The number of ether oxygens (including phenoxy) is 1. The number of rotatable bonds is 8. The Hall–Kier alpha value is -3.47. The first-order chi connectivity index (χ1) is 19.5. The van der Waals surface area contributed by atoms with Gasteiger partial charge in [-0.3, -0.25) is 24.0 Å². The molecule has 3 heterocycles. The summed E-state index contributed by atoms with van der Waals surface area (Å²) in [6.07, 6.45) is 2.87. The number of nitrogens with two attached hydrogens (primary N) is 1. The number of fused-ring (bicyclic) bond motifs is 1. The third kappa shape index (κ3) is 5.43. The highest BCUT2D eigenvalue weighted by molar-refractivity contribution is 6.02. The van der Waals surface area contributed by atoms with Crippen LogP contribution in [0.15, 0.2) is 18.2 Å². The van der Waals surface area contributed by atoms with Crippen molar-refractivity contribution in [2.24, 2.45) is 11.7 Å². The minimum absolute atomic E-state index is 0.0762. The van der Waals surface area contributed by atoms with Crippen LogP contribution in [-0.2, 0) is 23.9 Å². The summed E-state index contributed by atoms with van der Waals surface area (Å²) in [5.74, 6) is -2.06. The first-order valence-corrected chi connectivity index (χ1v) is 14.7. The van der Waals surface area contributed by atoms with E-state index in [2.05, 4.69) is 10.2 Å². The van der Waals surface area contributed by atoms with E-state index in [9.17, 15) is 24.0 Å². The van der Waals surface area contributed by atoms with Crippen LogP contribution in [0, 0.1) is 5.92 Å². The zero-order valence-electron chi connectivity index (χ0n) is 24.2. The van der Waals surface area contributed by atoms with Gasteiger partial charge in [0.25, 0.3) is 0 Å². The molecule has 1 saturated carbocycles. The molecule has 3 aliphatic heterocycles. The molecule has 11 nitrogen and oxygen atoms in total. The predicted octanol–water partition coefficient (Wildman–Crippen LogP) is 1.19. The quantitative estimate of drug-likeness (QED) is 0.481. The van der Waals surface area contributed by atoms with Gasteiger partial charge in [-0.15, -0.1) is 0 Å². The van der Waals surface area contributed by atoms with Crippen LogP contribution in [0.3, 0.4) is 0 Å². The van der Waals surface area contributed by atoms with Gasteiger partial charge < -0.3 is 30.5 Å². The van der Waals surface area contributed by atoms with Crippen molar-refractivity contribution in [3.63, 3.8) is 0 Å². The zero-order valence-corrected chi connectivity index (χ0v) is 24.2. The maximum atomic E-state index is 14.3. The summed E-state index contributed by atoms with van der Waals surface area (Å²) in [6.45, 7) is 8.28. The van der Waals surface area contributed by atoms with E-state index >= 15 is 0 Å². The molecule has 1 aromatic rings. The summed E-state index contributed by atoms with van der Waals surface area (Å²) in [5.41, 5.74) is 6.59. The molecule has 1 aromatic carbocycles. The molecule has 4 aliphatic rings. The highest BCUT2D eigenvalue weighted by Crippen LogP contribution is 2.40. The lowest BCUT2D eigenvalue weighted by molar-refractivity contribution is -0.146. The number of anilines is 1. The van der Waals surface area contributed by atoms with Gasteiger partial charge in [0.15, 0.2) is 5.78 Å². The van der Waals surface area contributed by atoms with Crippen molar-refractivity contribution in [2.75, 3.05) is 44.3 Å². The number of Topliss-reactive ketones (excluding diaryl/α,β-unsaturated/α-hetero) is 1. The summed E-state index contributed by atoms with van der Waals surface area (Å²) < 4.78 is 5.49. The highest BCUT2D eigenvalue weighted by atomic mass is 16.5. The molecule has 11 heteroatoms. The van der Waals surface area contributed by atoms with E-state index in [0.717, 1.165) is 12.1 Å². The maximum Gasteiger partial charge on any atom is 0.249 e. The van der Waals surface area contributed by atoms with Crippen molar-refractivity contribution in [1.82, 2.24) is 15.1 Å².